The lowest BCUT2D eigenvalue weighted by Crippen LogP contribution is -2.14. The second-order valence-corrected chi connectivity index (χ2v) is 5.48. The Balaban J connectivity index is 2.14. The normalized spacial score (nSPS) is 12.6. The highest BCUT2D eigenvalue weighted by Crippen LogP contribution is 2.22. The van der Waals surface area contributed by atoms with Crippen LogP contribution >= 0.6 is 11.3 Å². The van der Waals surface area contributed by atoms with Gasteiger partial charge in [0.05, 0.1) is 6.04 Å². The highest BCUT2D eigenvalue weighted by atomic mass is 32.1. The van der Waals surface area contributed by atoms with Crippen molar-refractivity contribution >= 4 is 11.3 Å². The van der Waals surface area contributed by atoms with Crippen LogP contribution in [0.25, 0.3) is 0 Å². The van der Waals surface area contributed by atoms with Crippen molar-refractivity contribution in [2.75, 3.05) is 7.05 Å². The lowest BCUT2D eigenvalue weighted by atomic mass is 10.1. The van der Waals surface area contributed by atoms with E-state index in [1.807, 2.05) is 7.05 Å². The van der Waals surface area contributed by atoms with Gasteiger partial charge in [-0.05, 0) is 31.5 Å². The largest absolute Gasteiger partial charge is 0.311 e. The first kappa shape index (κ1) is 13.2. The average molecular weight is 261 g/mol. The maximum absolute atomic E-state index is 4.30. The number of benzene rings is 1. The van der Waals surface area contributed by atoms with Gasteiger partial charge in [0.25, 0.3) is 0 Å². The Morgan fingerprint density at radius 2 is 2.06 bits per heavy atom. The van der Waals surface area contributed by atoms with Gasteiger partial charge < -0.3 is 5.32 Å². The van der Waals surface area contributed by atoms with Crippen LogP contribution in [0.5, 0.6) is 0 Å². The molecular weight excluding hydrogens is 242 g/mol. The Labute approximate surface area is 112 Å². The zero-order valence-electron chi connectivity index (χ0n) is 11.1. The van der Waals surface area contributed by atoms with E-state index >= 15 is 0 Å². The van der Waals surface area contributed by atoms with Gasteiger partial charge in [-0.15, -0.1) is 10.2 Å². The minimum Gasteiger partial charge on any atom is -0.311 e. The monoisotopic (exact) mass is 261 g/mol. The molecule has 0 aliphatic heterocycles. The van der Waals surface area contributed by atoms with E-state index in [1.165, 1.54) is 11.1 Å². The third-order valence-electron chi connectivity index (χ3n) is 3.14. The van der Waals surface area contributed by atoms with Crippen molar-refractivity contribution < 1.29 is 0 Å². The van der Waals surface area contributed by atoms with E-state index in [1.54, 1.807) is 11.3 Å². The summed E-state index contributed by atoms with van der Waals surface area (Å²) in [6.45, 7) is 4.29. The fraction of sp³-hybridized carbons (Fsp3) is 0.429. The number of rotatable bonds is 5. The number of nitrogens with zero attached hydrogens (tertiary/aromatic N) is 2. The molecule has 0 fully saturated rings. The van der Waals surface area contributed by atoms with E-state index in [4.69, 9.17) is 0 Å². The quantitative estimate of drug-likeness (QED) is 0.898. The minimum atomic E-state index is 0.327. The molecule has 0 saturated heterocycles. The molecule has 0 radical (unpaired) electrons. The zero-order chi connectivity index (χ0) is 13.0. The van der Waals surface area contributed by atoms with Gasteiger partial charge in [0.2, 0.25) is 0 Å². The molecule has 96 valence electrons. The summed E-state index contributed by atoms with van der Waals surface area (Å²) >= 11 is 1.71. The van der Waals surface area contributed by atoms with Crippen molar-refractivity contribution in [1.29, 1.82) is 0 Å². The van der Waals surface area contributed by atoms with Crippen LogP contribution in [-0.4, -0.2) is 17.2 Å². The van der Waals surface area contributed by atoms with E-state index in [0.717, 1.165) is 22.9 Å². The van der Waals surface area contributed by atoms with E-state index < -0.39 is 0 Å². The van der Waals surface area contributed by atoms with Crippen molar-refractivity contribution in [3.63, 3.8) is 0 Å². The van der Waals surface area contributed by atoms with Gasteiger partial charge in [-0.3, -0.25) is 0 Å². The van der Waals surface area contributed by atoms with Gasteiger partial charge in [-0.1, -0.05) is 42.5 Å². The smallest absolute Gasteiger partial charge is 0.134 e. The molecule has 0 spiro atoms. The van der Waals surface area contributed by atoms with Crippen LogP contribution in [0.2, 0.25) is 0 Å². The van der Waals surface area contributed by atoms with Crippen molar-refractivity contribution in [3.05, 3.63) is 45.4 Å². The fourth-order valence-corrected chi connectivity index (χ4v) is 3.01. The van der Waals surface area contributed by atoms with Crippen LogP contribution in [0.4, 0.5) is 0 Å². The van der Waals surface area contributed by atoms with Crippen molar-refractivity contribution in [2.45, 2.75) is 32.7 Å². The summed E-state index contributed by atoms with van der Waals surface area (Å²) < 4.78 is 0. The summed E-state index contributed by atoms with van der Waals surface area (Å²) in [5, 5.41) is 14.0. The lowest BCUT2D eigenvalue weighted by Gasteiger charge is -2.08. The summed E-state index contributed by atoms with van der Waals surface area (Å²) in [5.74, 6) is 0. The Morgan fingerprint density at radius 1 is 1.28 bits per heavy atom. The molecular formula is C14H19N3S. The Hall–Kier alpha value is -1.26. The Kier molecular flexibility index (Phi) is 4.44. The number of hydrogen-bond acceptors (Lipinski definition) is 4. The highest BCUT2D eigenvalue weighted by Gasteiger charge is 2.13. The summed E-state index contributed by atoms with van der Waals surface area (Å²) in [4.78, 5) is 0. The van der Waals surface area contributed by atoms with Crippen molar-refractivity contribution in [3.8, 4) is 0 Å². The Morgan fingerprint density at radius 3 is 2.72 bits per heavy atom. The molecule has 0 bridgehead atoms. The molecule has 2 rings (SSSR count). The van der Waals surface area contributed by atoms with Crippen molar-refractivity contribution in [1.82, 2.24) is 15.5 Å². The molecule has 1 aromatic heterocycles. The molecule has 1 heterocycles. The SMILES string of the molecule is CCC(NC)c1nnc(Cc2ccccc2C)s1. The second kappa shape index (κ2) is 6.07. The molecule has 3 nitrogen and oxygen atoms in total. The van der Waals surface area contributed by atoms with Crippen LogP contribution in [0.3, 0.4) is 0 Å². The van der Waals surface area contributed by atoms with Crippen molar-refractivity contribution in [2.24, 2.45) is 0 Å². The van der Waals surface area contributed by atoms with Crippen LogP contribution in [0, 0.1) is 6.92 Å². The summed E-state index contributed by atoms with van der Waals surface area (Å²) in [7, 11) is 1.97. The molecule has 1 atom stereocenters. The second-order valence-electron chi connectivity index (χ2n) is 4.39. The maximum Gasteiger partial charge on any atom is 0.134 e. The lowest BCUT2D eigenvalue weighted by molar-refractivity contribution is 0.568. The first-order valence-electron chi connectivity index (χ1n) is 6.28. The minimum absolute atomic E-state index is 0.327. The standard InChI is InChI=1S/C14H19N3S/c1-4-12(15-3)14-17-16-13(18-14)9-11-8-6-5-7-10(11)2/h5-8,12,15H,4,9H2,1-3H3. The van der Waals surface area contributed by atoms with Crippen LogP contribution in [0.1, 0.15) is 40.5 Å². The average Bonchev–Trinajstić information content (AvgIpc) is 2.82. The van der Waals surface area contributed by atoms with Gasteiger partial charge in [0.1, 0.15) is 10.0 Å². The number of aryl methyl sites for hydroxylation is 1. The van der Waals surface area contributed by atoms with E-state index in [0.29, 0.717) is 6.04 Å². The third kappa shape index (κ3) is 2.94. The molecule has 4 heteroatoms. The fourth-order valence-electron chi connectivity index (χ4n) is 1.95. The maximum atomic E-state index is 4.30. The van der Waals surface area contributed by atoms with Gasteiger partial charge in [0.15, 0.2) is 0 Å². The molecule has 18 heavy (non-hydrogen) atoms. The van der Waals surface area contributed by atoms with E-state index in [-0.39, 0.29) is 0 Å². The van der Waals surface area contributed by atoms with Gasteiger partial charge >= 0.3 is 0 Å². The van der Waals surface area contributed by atoms with E-state index in [9.17, 15) is 0 Å². The first-order valence-corrected chi connectivity index (χ1v) is 7.10. The number of nitrogens with one attached hydrogen (secondary N) is 1. The number of aromatic nitrogens is 2. The van der Waals surface area contributed by atoms with Crippen LogP contribution in [-0.2, 0) is 6.42 Å². The Bertz CT molecular complexity index is 503. The number of hydrogen-bond donors (Lipinski definition) is 1. The van der Waals surface area contributed by atoms with E-state index in [2.05, 4.69) is 53.6 Å². The molecule has 1 N–H and O–H groups in total. The van der Waals surface area contributed by atoms with Gasteiger partial charge in [-0.2, -0.15) is 0 Å². The topological polar surface area (TPSA) is 37.8 Å². The predicted molar refractivity (Wildman–Crippen MR) is 76.0 cm³/mol. The molecule has 0 saturated carbocycles. The highest BCUT2D eigenvalue weighted by molar-refractivity contribution is 7.11. The molecule has 0 amide bonds. The summed E-state index contributed by atoms with van der Waals surface area (Å²) in [6, 6.07) is 8.77. The van der Waals surface area contributed by atoms with Crippen LogP contribution in [0.15, 0.2) is 24.3 Å². The molecule has 1 aromatic carbocycles. The molecule has 2 aromatic rings. The van der Waals surface area contributed by atoms with Gasteiger partial charge in [-0.25, -0.2) is 0 Å². The third-order valence-corrected chi connectivity index (χ3v) is 4.18. The molecule has 0 aliphatic rings. The summed E-state index contributed by atoms with van der Waals surface area (Å²) in [5.41, 5.74) is 2.65. The predicted octanol–water partition coefficient (Wildman–Crippen LogP) is 3.11. The summed E-state index contributed by atoms with van der Waals surface area (Å²) in [6.07, 6.45) is 1.92. The van der Waals surface area contributed by atoms with Crippen LogP contribution < -0.4 is 5.32 Å². The zero-order valence-corrected chi connectivity index (χ0v) is 11.9. The van der Waals surface area contributed by atoms with Gasteiger partial charge in [0, 0.05) is 6.42 Å². The first-order chi connectivity index (χ1) is 8.74. The molecule has 0 aliphatic carbocycles. The molecule has 1 unspecified atom stereocenters.